The van der Waals surface area contributed by atoms with Gasteiger partial charge < -0.3 is 4.74 Å². The zero-order valence-corrected chi connectivity index (χ0v) is 11.2. The lowest BCUT2D eigenvalue weighted by Gasteiger charge is -2.13. The average Bonchev–Trinajstić information content (AvgIpc) is 3.01. The normalized spacial score (nSPS) is 17.6. The number of hydrogen-bond donors (Lipinski definition) is 0. The maximum absolute atomic E-state index is 5.89. The minimum Gasteiger partial charge on any atom is -0.371 e. The Kier molecular flexibility index (Phi) is 4.62. The third kappa shape index (κ3) is 3.44. The molecular weight excluding hydrogens is 242 g/mol. The van der Waals surface area contributed by atoms with E-state index >= 15 is 0 Å². The molecule has 1 unspecified atom stereocenters. The summed E-state index contributed by atoms with van der Waals surface area (Å²) >= 11 is 7.41. The number of halogens is 1. The van der Waals surface area contributed by atoms with Crippen molar-refractivity contribution in [2.75, 3.05) is 6.61 Å². The van der Waals surface area contributed by atoms with Gasteiger partial charge in [-0.3, -0.25) is 0 Å². The molecule has 0 N–H and O–H groups in total. The summed E-state index contributed by atoms with van der Waals surface area (Å²) in [6, 6.07) is 0. The summed E-state index contributed by atoms with van der Waals surface area (Å²) < 4.78 is 5.89. The zero-order valence-electron chi connectivity index (χ0n) is 9.62. The molecule has 1 aromatic heterocycles. The van der Waals surface area contributed by atoms with E-state index in [4.69, 9.17) is 16.3 Å². The van der Waals surface area contributed by atoms with Gasteiger partial charge >= 0.3 is 0 Å². The number of thiazole rings is 1. The monoisotopic (exact) mass is 259 g/mol. The summed E-state index contributed by atoms with van der Waals surface area (Å²) in [4.78, 5) is 4.47. The van der Waals surface area contributed by atoms with Crippen LogP contribution in [0, 0.1) is 5.92 Å². The van der Waals surface area contributed by atoms with Crippen molar-refractivity contribution in [3.63, 3.8) is 0 Å². The molecule has 0 aliphatic heterocycles. The molecule has 0 spiro atoms. The SMILES string of the molecule is CCC(OCCC1CC1)c1nc(CCl)cs1. The Morgan fingerprint density at radius 1 is 1.62 bits per heavy atom. The first-order chi connectivity index (χ1) is 7.83. The van der Waals surface area contributed by atoms with Crippen molar-refractivity contribution >= 4 is 22.9 Å². The Balaban J connectivity index is 1.82. The van der Waals surface area contributed by atoms with Crippen molar-refractivity contribution in [3.05, 3.63) is 16.1 Å². The Morgan fingerprint density at radius 2 is 2.44 bits per heavy atom. The average molecular weight is 260 g/mol. The zero-order chi connectivity index (χ0) is 11.4. The number of hydrogen-bond acceptors (Lipinski definition) is 3. The van der Waals surface area contributed by atoms with Gasteiger partial charge in [-0.1, -0.05) is 19.8 Å². The Hall–Kier alpha value is -0.120. The van der Waals surface area contributed by atoms with E-state index in [9.17, 15) is 0 Å². The van der Waals surface area contributed by atoms with Gasteiger partial charge in [0.15, 0.2) is 0 Å². The first-order valence-corrected chi connectivity index (χ1v) is 7.36. The van der Waals surface area contributed by atoms with Gasteiger partial charge in [-0.2, -0.15) is 0 Å². The van der Waals surface area contributed by atoms with Crippen LogP contribution in [0.2, 0.25) is 0 Å². The molecule has 1 aliphatic carbocycles. The second kappa shape index (κ2) is 5.99. The standard InChI is InChI=1S/C12H18ClNOS/c1-2-11(15-6-5-9-3-4-9)12-14-10(7-13)8-16-12/h8-9,11H,2-7H2,1H3. The minimum absolute atomic E-state index is 0.167. The maximum atomic E-state index is 5.89. The van der Waals surface area contributed by atoms with Crippen LogP contribution in [0.1, 0.15) is 49.4 Å². The number of alkyl halides is 1. The smallest absolute Gasteiger partial charge is 0.122 e. The van der Waals surface area contributed by atoms with E-state index in [1.807, 2.05) is 5.38 Å². The van der Waals surface area contributed by atoms with Crippen LogP contribution in [-0.2, 0) is 10.6 Å². The van der Waals surface area contributed by atoms with E-state index in [0.717, 1.165) is 29.6 Å². The summed E-state index contributed by atoms with van der Waals surface area (Å²) in [5.74, 6) is 1.43. The first kappa shape index (κ1) is 12.3. The van der Waals surface area contributed by atoms with Crippen molar-refractivity contribution in [2.24, 2.45) is 5.92 Å². The third-order valence-corrected chi connectivity index (χ3v) is 4.15. The molecule has 1 heterocycles. The van der Waals surface area contributed by atoms with Gasteiger partial charge in [0.1, 0.15) is 11.1 Å². The van der Waals surface area contributed by atoms with Crippen LogP contribution in [0.4, 0.5) is 0 Å². The first-order valence-electron chi connectivity index (χ1n) is 5.95. The largest absolute Gasteiger partial charge is 0.371 e. The second-order valence-electron chi connectivity index (χ2n) is 4.31. The van der Waals surface area contributed by atoms with E-state index in [1.54, 1.807) is 11.3 Å². The highest BCUT2D eigenvalue weighted by atomic mass is 35.5. The minimum atomic E-state index is 0.167. The quantitative estimate of drug-likeness (QED) is 0.687. The number of ether oxygens (including phenoxy) is 1. The summed E-state index contributed by atoms with van der Waals surface area (Å²) in [5.41, 5.74) is 0.964. The summed E-state index contributed by atoms with van der Waals surface area (Å²) in [5, 5.41) is 3.10. The van der Waals surface area contributed by atoms with E-state index in [-0.39, 0.29) is 6.10 Å². The molecule has 4 heteroatoms. The van der Waals surface area contributed by atoms with Gasteiger partial charge in [0.25, 0.3) is 0 Å². The highest BCUT2D eigenvalue weighted by Gasteiger charge is 2.22. The predicted molar refractivity (Wildman–Crippen MR) is 68.0 cm³/mol. The highest BCUT2D eigenvalue weighted by Crippen LogP contribution is 2.33. The molecule has 0 amide bonds. The molecule has 16 heavy (non-hydrogen) atoms. The van der Waals surface area contributed by atoms with Crippen LogP contribution < -0.4 is 0 Å². The van der Waals surface area contributed by atoms with Crippen LogP contribution in [0.5, 0.6) is 0 Å². The lowest BCUT2D eigenvalue weighted by Crippen LogP contribution is -2.05. The van der Waals surface area contributed by atoms with Gasteiger partial charge in [0.2, 0.25) is 0 Å². The van der Waals surface area contributed by atoms with Crippen LogP contribution in [0.15, 0.2) is 5.38 Å². The van der Waals surface area contributed by atoms with Gasteiger partial charge in [-0.25, -0.2) is 4.98 Å². The molecule has 1 atom stereocenters. The molecule has 1 saturated carbocycles. The Labute approximate surface area is 106 Å². The summed E-state index contributed by atoms with van der Waals surface area (Å²) in [6.45, 7) is 3.02. The van der Waals surface area contributed by atoms with Gasteiger partial charge in [0, 0.05) is 12.0 Å². The number of aromatic nitrogens is 1. The lowest BCUT2D eigenvalue weighted by molar-refractivity contribution is 0.0458. The Morgan fingerprint density at radius 3 is 3.00 bits per heavy atom. The fourth-order valence-electron chi connectivity index (χ4n) is 1.68. The van der Waals surface area contributed by atoms with E-state index in [1.165, 1.54) is 19.3 Å². The fraction of sp³-hybridized carbons (Fsp3) is 0.750. The summed E-state index contributed by atoms with van der Waals surface area (Å²) in [7, 11) is 0. The molecular formula is C12H18ClNOS. The molecule has 0 radical (unpaired) electrons. The molecule has 0 bridgehead atoms. The second-order valence-corrected chi connectivity index (χ2v) is 5.47. The molecule has 2 nitrogen and oxygen atoms in total. The molecule has 90 valence electrons. The van der Waals surface area contributed by atoms with Crippen molar-refractivity contribution < 1.29 is 4.74 Å². The number of nitrogens with zero attached hydrogens (tertiary/aromatic N) is 1. The van der Waals surface area contributed by atoms with E-state index in [2.05, 4.69) is 11.9 Å². The molecule has 0 saturated heterocycles. The molecule has 0 aromatic carbocycles. The van der Waals surface area contributed by atoms with Gasteiger partial charge in [-0.15, -0.1) is 22.9 Å². The molecule has 1 aromatic rings. The maximum Gasteiger partial charge on any atom is 0.122 e. The fourth-order valence-corrected chi connectivity index (χ4v) is 2.86. The van der Waals surface area contributed by atoms with Gasteiger partial charge in [-0.05, 0) is 18.8 Å². The van der Waals surface area contributed by atoms with Crippen LogP contribution in [0.3, 0.4) is 0 Å². The van der Waals surface area contributed by atoms with E-state index in [0.29, 0.717) is 5.88 Å². The number of rotatable bonds is 7. The van der Waals surface area contributed by atoms with Crippen molar-refractivity contribution in [3.8, 4) is 0 Å². The van der Waals surface area contributed by atoms with Crippen LogP contribution in [0.25, 0.3) is 0 Å². The topological polar surface area (TPSA) is 22.1 Å². The van der Waals surface area contributed by atoms with Crippen molar-refractivity contribution in [1.29, 1.82) is 0 Å². The van der Waals surface area contributed by atoms with Crippen molar-refractivity contribution in [2.45, 2.75) is 44.6 Å². The molecule has 1 aliphatic rings. The van der Waals surface area contributed by atoms with Crippen molar-refractivity contribution in [1.82, 2.24) is 4.98 Å². The third-order valence-electron chi connectivity index (χ3n) is 2.89. The van der Waals surface area contributed by atoms with Crippen LogP contribution >= 0.6 is 22.9 Å². The predicted octanol–water partition coefficient (Wildman–Crippen LogP) is 4.15. The van der Waals surface area contributed by atoms with Crippen LogP contribution in [-0.4, -0.2) is 11.6 Å². The molecule has 2 rings (SSSR count). The van der Waals surface area contributed by atoms with E-state index < -0.39 is 0 Å². The molecule has 1 fully saturated rings. The highest BCUT2D eigenvalue weighted by molar-refractivity contribution is 7.09. The lowest BCUT2D eigenvalue weighted by atomic mass is 10.2. The summed E-state index contributed by atoms with van der Waals surface area (Å²) in [6.07, 6.45) is 5.16. The Bertz CT molecular complexity index is 325. The van der Waals surface area contributed by atoms with Gasteiger partial charge in [0.05, 0.1) is 11.6 Å².